The van der Waals surface area contributed by atoms with E-state index in [1.165, 1.54) is 0 Å². The van der Waals surface area contributed by atoms with Crippen molar-refractivity contribution < 1.29 is 9.94 Å². The highest BCUT2D eigenvalue weighted by molar-refractivity contribution is 5.97. The standard InChI is InChI=1S/C11H16N2O2/c1-11(2,3)15-9-6-4-8(5-7-9)10(12)13-14/h4-7,14H,1-3H3,(H2,12,13). The molecular formula is C11H16N2O2. The van der Waals surface area contributed by atoms with Gasteiger partial charge in [0, 0.05) is 5.56 Å². The van der Waals surface area contributed by atoms with Crippen molar-refractivity contribution in [2.75, 3.05) is 0 Å². The van der Waals surface area contributed by atoms with E-state index in [9.17, 15) is 0 Å². The van der Waals surface area contributed by atoms with Crippen LogP contribution >= 0.6 is 0 Å². The van der Waals surface area contributed by atoms with E-state index in [0.29, 0.717) is 5.56 Å². The van der Waals surface area contributed by atoms with E-state index in [0.717, 1.165) is 5.75 Å². The molecule has 0 saturated carbocycles. The number of oxime groups is 1. The van der Waals surface area contributed by atoms with Gasteiger partial charge in [0.05, 0.1) is 0 Å². The van der Waals surface area contributed by atoms with Crippen molar-refractivity contribution in [3.8, 4) is 5.75 Å². The third-order valence-corrected chi connectivity index (χ3v) is 1.68. The number of ether oxygens (including phenoxy) is 1. The highest BCUT2D eigenvalue weighted by Crippen LogP contribution is 2.18. The summed E-state index contributed by atoms with van der Waals surface area (Å²) in [5, 5.41) is 11.4. The van der Waals surface area contributed by atoms with Gasteiger partial charge < -0.3 is 15.7 Å². The van der Waals surface area contributed by atoms with Crippen LogP contribution in [0.15, 0.2) is 29.4 Å². The zero-order valence-corrected chi connectivity index (χ0v) is 9.19. The second-order valence-electron chi connectivity index (χ2n) is 4.22. The molecule has 0 fully saturated rings. The van der Waals surface area contributed by atoms with Crippen LogP contribution in [-0.4, -0.2) is 16.6 Å². The number of amidine groups is 1. The second-order valence-corrected chi connectivity index (χ2v) is 4.22. The van der Waals surface area contributed by atoms with Crippen LogP contribution in [0.2, 0.25) is 0 Å². The van der Waals surface area contributed by atoms with Gasteiger partial charge in [-0.15, -0.1) is 0 Å². The molecule has 0 radical (unpaired) electrons. The minimum absolute atomic E-state index is 0.0947. The van der Waals surface area contributed by atoms with E-state index < -0.39 is 0 Å². The molecule has 0 aliphatic heterocycles. The zero-order valence-electron chi connectivity index (χ0n) is 9.19. The molecule has 82 valence electrons. The lowest BCUT2D eigenvalue weighted by Gasteiger charge is -2.21. The molecule has 1 rings (SSSR count). The van der Waals surface area contributed by atoms with E-state index in [-0.39, 0.29) is 11.4 Å². The fourth-order valence-electron chi connectivity index (χ4n) is 1.11. The summed E-state index contributed by atoms with van der Waals surface area (Å²) in [6.07, 6.45) is 0. The molecule has 15 heavy (non-hydrogen) atoms. The van der Waals surface area contributed by atoms with E-state index in [1.807, 2.05) is 20.8 Å². The van der Waals surface area contributed by atoms with Crippen molar-refractivity contribution in [1.29, 1.82) is 0 Å². The molecule has 0 aliphatic carbocycles. The fraction of sp³-hybridized carbons (Fsp3) is 0.364. The van der Waals surface area contributed by atoms with Crippen LogP contribution in [-0.2, 0) is 0 Å². The summed E-state index contributed by atoms with van der Waals surface area (Å²) in [5.41, 5.74) is 5.87. The number of benzene rings is 1. The average Bonchev–Trinajstić information content (AvgIpc) is 2.15. The Labute approximate surface area is 89.4 Å². The summed E-state index contributed by atoms with van der Waals surface area (Å²) >= 11 is 0. The third kappa shape index (κ3) is 3.50. The first-order valence-electron chi connectivity index (χ1n) is 4.69. The minimum atomic E-state index is -0.224. The quantitative estimate of drug-likeness (QED) is 0.338. The van der Waals surface area contributed by atoms with Gasteiger partial charge >= 0.3 is 0 Å². The molecular weight excluding hydrogens is 192 g/mol. The Balaban J connectivity index is 2.82. The van der Waals surface area contributed by atoms with Crippen molar-refractivity contribution in [2.24, 2.45) is 10.9 Å². The molecule has 0 amide bonds. The predicted molar refractivity (Wildman–Crippen MR) is 59.3 cm³/mol. The van der Waals surface area contributed by atoms with Crippen LogP contribution in [0.1, 0.15) is 26.3 Å². The van der Waals surface area contributed by atoms with Gasteiger partial charge in [-0.25, -0.2) is 0 Å². The Bertz CT molecular complexity index is 350. The van der Waals surface area contributed by atoms with Gasteiger partial charge in [0.15, 0.2) is 5.84 Å². The Hall–Kier alpha value is -1.71. The summed E-state index contributed by atoms with van der Waals surface area (Å²) in [4.78, 5) is 0. The molecule has 0 atom stereocenters. The van der Waals surface area contributed by atoms with E-state index in [4.69, 9.17) is 15.7 Å². The van der Waals surface area contributed by atoms with E-state index >= 15 is 0 Å². The highest BCUT2D eigenvalue weighted by Gasteiger charge is 2.11. The van der Waals surface area contributed by atoms with Gasteiger partial charge in [0.2, 0.25) is 0 Å². The molecule has 4 heteroatoms. The molecule has 1 aromatic carbocycles. The molecule has 0 unspecified atom stereocenters. The first kappa shape index (κ1) is 11.4. The summed E-state index contributed by atoms with van der Waals surface area (Å²) in [5.74, 6) is 0.856. The number of nitrogens with two attached hydrogens (primary N) is 1. The predicted octanol–water partition coefficient (Wildman–Crippen LogP) is 1.96. The highest BCUT2D eigenvalue weighted by atomic mass is 16.5. The number of rotatable bonds is 2. The fourth-order valence-corrected chi connectivity index (χ4v) is 1.11. The van der Waals surface area contributed by atoms with Crippen LogP contribution in [0.5, 0.6) is 5.75 Å². The maximum absolute atomic E-state index is 8.48. The molecule has 1 aromatic rings. The van der Waals surface area contributed by atoms with Gasteiger partial charge in [-0.1, -0.05) is 5.16 Å². The maximum atomic E-state index is 8.48. The Morgan fingerprint density at radius 3 is 2.20 bits per heavy atom. The van der Waals surface area contributed by atoms with Gasteiger partial charge in [-0.3, -0.25) is 0 Å². The topological polar surface area (TPSA) is 67.8 Å². The molecule has 0 aliphatic rings. The smallest absolute Gasteiger partial charge is 0.170 e. The lowest BCUT2D eigenvalue weighted by Crippen LogP contribution is -2.23. The van der Waals surface area contributed by atoms with Crippen LogP contribution in [0, 0.1) is 0 Å². The molecule has 0 saturated heterocycles. The molecule has 0 spiro atoms. The Morgan fingerprint density at radius 2 is 1.80 bits per heavy atom. The summed E-state index contributed by atoms with van der Waals surface area (Å²) in [6.45, 7) is 5.93. The van der Waals surface area contributed by atoms with Crippen molar-refractivity contribution in [3.63, 3.8) is 0 Å². The number of hydrogen-bond acceptors (Lipinski definition) is 3. The molecule has 4 nitrogen and oxygen atoms in total. The molecule has 3 N–H and O–H groups in total. The Kier molecular flexibility index (Phi) is 3.19. The summed E-state index contributed by atoms with van der Waals surface area (Å²) in [6, 6.07) is 7.07. The Morgan fingerprint density at radius 1 is 1.27 bits per heavy atom. The van der Waals surface area contributed by atoms with Gasteiger partial charge in [0.1, 0.15) is 11.4 Å². The van der Waals surface area contributed by atoms with Crippen molar-refractivity contribution in [1.82, 2.24) is 0 Å². The average molecular weight is 208 g/mol. The summed E-state index contributed by atoms with van der Waals surface area (Å²) < 4.78 is 5.63. The summed E-state index contributed by atoms with van der Waals surface area (Å²) in [7, 11) is 0. The number of nitrogens with zero attached hydrogens (tertiary/aromatic N) is 1. The van der Waals surface area contributed by atoms with Crippen LogP contribution < -0.4 is 10.5 Å². The second kappa shape index (κ2) is 4.21. The van der Waals surface area contributed by atoms with Crippen LogP contribution in [0.4, 0.5) is 0 Å². The SMILES string of the molecule is CC(C)(C)Oc1ccc(/C(N)=N/O)cc1. The van der Waals surface area contributed by atoms with Crippen molar-refractivity contribution in [2.45, 2.75) is 26.4 Å². The van der Waals surface area contributed by atoms with Crippen molar-refractivity contribution >= 4 is 5.84 Å². The normalized spacial score (nSPS) is 12.6. The molecule has 0 aromatic heterocycles. The zero-order chi connectivity index (χ0) is 11.5. The van der Waals surface area contributed by atoms with Gasteiger partial charge in [-0.05, 0) is 45.0 Å². The van der Waals surface area contributed by atoms with Gasteiger partial charge in [-0.2, -0.15) is 0 Å². The first-order chi connectivity index (χ1) is 6.92. The lowest BCUT2D eigenvalue weighted by atomic mass is 10.1. The van der Waals surface area contributed by atoms with Crippen LogP contribution in [0.25, 0.3) is 0 Å². The minimum Gasteiger partial charge on any atom is -0.488 e. The molecule has 0 bridgehead atoms. The number of hydrogen-bond donors (Lipinski definition) is 2. The first-order valence-corrected chi connectivity index (χ1v) is 4.69. The van der Waals surface area contributed by atoms with E-state index in [2.05, 4.69) is 5.16 Å². The van der Waals surface area contributed by atoms with Gasteiger partial charge in [0.25, 0.3) is 0 Å². The maximum Gasteiger partial charge on any atom is 0.170 e. The van der Waals surface area contributed by atoms with Crippen LogP contribution in [0.3, 0.4) is 0 Å². The largest absolute Gasteiger partial charge is 0.488 e. The van der Waals surface area contributed by atoms with E-state index in [1.54, 1.807) is 24.3 Å². The lowest BCUT2D eigenvalue weighted by molar-refractivity contribution is 0.131. The third-order valence-electron chi connectivity index (χ3n) is 1.68. The monoisotopic (exact) mass is 208 g/mol. The molecule has 0 heterocycles. The van der Waals surface area contributed by atoms with Crippen molar-refractivity contribution in [3.05, 3.63) is 29.8 Å².